The van der Waals surface area contributed by atoms with Crippen LogP contribution in [0, 0.1) is 0 Å². The minimum absolute atomic E-state index is 0.0745. The number of aromatic nitrogens is 2. The number of carbonyl (C=O) groups excluding carboxylic acids is 3. The number of amides is 2. The van der Waals surface area contributed by atoms with Crippen LogP contribution in [0.2, 0.25) is 0 Å². The molecular weight excluding hydrogens is 358 g/mol. The van der Waals surface area contributed by atoms with Crippen molar-refractivity contribution < 1.29 is 29.2 Å². The monoisotopic (exact) mass is 373 g/mol. The van der Waals surface area contributed by atoms with Crippen molar-refractivity contribution in [3.63, 3.8) is 0 Å². The van der Waals surface area contributed by atoms with Gasteiger partial charge >= 0.3 is 18.1 Å². The average molecular weight is 373 g/mol. The molecule has 1 saturated heterocycles. The van der Waals surface area contributed by atoms with Crippen molar-refractivity contribution in [3.8, 4) is 0 Å². The number of hydroxylamine groups is 2. The lowest BCUT2D eigenvalue weighted by Gasteiger charge is -2.27. The van der Waals surface area contributed by atoms with E-state index >= 15 is 0 Å². The standard InChI is InChI=1S/C16H15N5O6/c1-26-14(22)13-12-10(11-8-19(13)15(23)21(11)25)7-20(17-12)16(24)27-18-9-5-3-2-4-6-9/h2-7,11,13,18,25H,8H2,1H3/t11-,13+/m1/s1. The summed E-state index contributed by atoms with van der Waals surface area (Å²) in [6, 6.07) is 6.14. The summed E-state index contributed by atoms with van der Waals surface area (Å²) in [5.41, 5.74) is 3.57. The second-order valence-electron chi connectivity index (χ2n) is 5.97. The molecule has 3 heterocycles. The molecule has 0 radical (unpaired) electrons. The molecule has 0 spiro atoms. The van der Waals surface area contributed by atoms with E-state index in [2.05, 4.69) is 10.6 Å². The minimum atomic E-state index is -1.15. The van der Waals surface area contributed by atoms with Gasteiger partial charge in [0.2, 0.25) is 0 Å². The predicted octanol–water partition coefficient (Wildman–Crippen LogP) is 1.29. The Bertz CT molecular complexity index is 913. The fourth-order valence-electron chi connectivity index (χ4n) is 3.17. The van der Waals surface area contributed by atoms with Crippen molar-refractivity contribution in [2.75, 3.05) is 19.1 Å². The zero-order chi connectivity index (χ0) is 19.1. The highest BCUT2D eigenvalue weighted by atomic mass is 16.7. The number of anilines is 1. The molecule has 1 aromatic heterocycles. The lowest BCUT2D eigenvalue weighted by molar-refractivity contribution is -0.146. The number of hydrogen-bond donors (Lipinski definition) is 2. The van der Waals surface area contributed by atoms with Crippen LogP contribution in [-0.2, 0) is 14.4 Å². The molecule has 2 bridgehead atoms. The molecule has 2 aromatic rings. The molecule has 2 amide bonds. The third-order valence-corrected chi connectivity index (χ3v) is 4.45. The van der Waals surface area contributed by atoms with Gasteiger partial charge in [-0.05, 0) is 12.1 Å². The van der Waals surface area contributed by atoms with Crippen LogP contribution >= 0.6 is 0 Å². The molecule has 0 aliphatic carbocycles. The fourth-order valence-corrected chi connectivity index (χ4v) is 3.17. The Morgan fingerprint density at radius 1 is 1.30 bits per heavy atom. The van der Waals surface area contributed by atoms with Gasteiger partial charge in [-0.25, -0.2) is 19.9 Å². The first kappa shape index (κ1) is 16.8. The fraction of sp³-hybridized carbons (Fsp3) is 0.250. The highest BCUT2D eigenvalue weighted by Gasteiger charge is 2.52. The summed E-state index contributed by atoms with van der Waals surface area (Å²) in [5, 5.41) is 14.6. The van der Waals surface area contributed by atoms with Gasteiger partial charge in [0.25, 0.3) is 0 Å². The number of urea groups is 1. The van der Waals surface area contributed by atoms with Crippen LogP contribution in [0.5, 0.6) is 0 Å². The zero-order valence-electron chi connectivity index (χ0n) is 14.1. The largest absolute Gasteiger partial charge is 0.467 e. The van der Waals surface area contributed by atoms with Crippen LogP contribution in [0.25, 0.3) is 0 Å². The van der Waals surface area contributed by atoms with Gasteiger partial charge < -0.3 is 14.5 Å². The molecule has 0 saturated carbocycles. The van der Waals surface area contributed by atoms with E-state index in [0.717, 1.165) is 9.58 Å². The molecule has 1 fully saturated rings. The highest BCUT2D eigenvalue weighted by Crippen LogP contribution is 2.42. The lowest BCUT2D eigenvalue weighted by atomic mass is 9.98. The first-order chi connectivity index (χ1) is 13.0. The van der Waals surface area contributed by atoms with Crippen molar-refractivity contribution >= 4 is 23.8 Å². The zero-order valence-corrected chi connectivity index (χ0v) is 14.1. The second kappa shape index (κ2) is 6.29. The van der Waals surface area contributed by atoms with Crippen molar-refractivity contribution in [2.24, 2.45) is 0 Å². The molecule has 2 aliphatic rings. The van der Waals surface area contributed by atoms with Crippen LogP contribution < -0.4 is 5.48 Å². The molecule has 2 atom stereocenters. The van der Waals surface area contributed by atoms with Crippen molar-refractivity contribution in [1.29, 1.82) is 0 Å². The summed E-state index contributed by atoms with van der Waals surface area (Å²) in [7, 11) is 1.18. The maximum Gasteiger partial charge on any atom is 0.458 e. The SMILES string of the molecule is COC(=O)[C@@H]1c2nn(C(=O)ONc3ccccc3)cc2[C@H]2CN1C(=O)N2O. The lowest BCUT2D eigenvalue weighted by Crippen LogP contribution is -2.39. The van der Waals surface area contributed by atoms with Gasteiger partial charge in [0.15, 0.2) is 6.04 Å². The quantitative estimate of drug-likeness (QED) is 0.468. The number of carbonyl (C=O) groups is 3. The number of fused-ring (bicyclic) bond motifs is 4. The van der Waals surface area contributed by atoms with E-state index in [1.807, 2.05) is 6.07 Å². The first-order valence-corrected chi connectivity index (χ1v) is 7.99. The van der Waals surface area contributed by atoms with E-state index in [1.54, 1.807) is 24.3 Å². The molecule has 11 heteroatoms. The molecule has 11 nitrogen and oxygen atoms in total. The van der Waals surface area contributed by atoms with Gasteiger partial charge in [-0.1, -0.05) is 18.2 Å². The number of ether oxygens (including phenoxy) is 1. The van der Waals surface area contributed by atoms with Gasteiger partial charge in [-0.15, -0.1) is 0 Å². The molecule has 2 aliphatic heterocycles. The molecule has 1 aromatic carbocycles. The number of esters is 1. The van der Waals surface area contributed by atoms with Crippen LogP contribution in [0.15, 0.2) is 36.5 Å². The van der Waals surface area contributed by atoms with Crippen LogP contribution in [0.4, 0.5) is 15.3 Å². The predicted molar refractivity (Wildman–Crippen MR) is 87.4 cm³/mol. The van der Waals surface area contributed by atoms with E-state index in [9.17, 15) is 19.6 Å². The van der Waals surface area contributed by atoms with E-state index in [1.165, 1.54) is 13.3 Å². The van der Waals surface area contributed by atoms with Crippen LogP contribution in [0.1, 0.15) is 23.3 Å². The molecular formula is C16H15N5O6. The third-order valence-electron chi connectivity index (χ3n) is 4.45. The summed E-state index contributed by atoms with van der Waals surface area (Å²) < 4.78 is 5.64. The van der Waals surface area contributed by atoms with Crippen LogP contribution in [0.3, 0.4) is 0 Å². The number of rotatable bonds is 3. The Morgan fingerprint density at radius 3 is 2.74 bits per heavy atom. The maximum atomic E-state index is 12.3. The Labute approximate surface area is 152 Å². The second-order valence-corrected chi connectivity index (χ2v) is 5.97. The molecule has 27 heavy (non-hydrogen) atoms. The Kier molecular flexibility index (Phi) is 3.92. The summed E-state index contributed by atoms with van der Waals surface area (Å²) in [6.07, 6.45) is 0.475. The molecule has 2 N–H and O–H groups in total. The first-order valence-electron chi connectivity index (χ1n) is 7.99. The number of methoxy groups -OCH3 is 1. The molecule has 0 unspecified atom stereocenters. The van der Waals surface area contributed by atoms with Gasteiger partial charge in [0.05, 0.1) is 19.3 Å². The molecule has 4 rings (SSSR count). The summed E-state index contributed by atoms with van der Waals surface area (Å²) in [6.45, 7) is 0.0745. The number of nitrogens with zero attached hydrogens (tertiary/aromatic N) is 4. The number of benzene rings is 1. The van der Waals surface area contributed by atoms with Crippen LogP contribution in [-0.4, -0.2) is 56.7 Å². The Morgan fingerprint density at radius 2 is 2.04 bits per heavy atom. The smallest absolute Gasteiger partial charge is 0.458 e. The normalized spacial score (nSPS) is 20.3. The number of hydrogen-bond acceptors (Lipinski definition) is 8. The number of para-hydroxylation sites is 1. The van der Waals surface area contributed by atoms with E-state index in [0.29, 0.717) is 16.3 Å². The highest BCUT2D eigenvalue weighted by molar-refractivity contribution is 5.87. The van der Waals surface area contributed by atoms with Crippen molar-refractivity contribution in [3.05, 3.63) is 47.8 Å². The topological polar surface area (TPSA) is 126 Å². The van der Waals surface area contributed by atoms with E-state index < -0.39 is 30.2 Å². The van der Waals surface area contributed by atoms with Crippen molar-refractivity contribution in [1.82, 2.24) is 19.7 Å². The van der Waals surface area contributed by atoms with E-state index in [4.69, 9.17) is 9.57 Å². The summed E-state index contributed by atoms with van der Waals surface area (Å²) in [5.74, 6) is -0.723. The Hall–Kier alpha value is -3.60. The summed E-state index contributed by atoms with van der Waals surface area (Å²) >= 11 is 0. The van der Waals surface area contributed by atoms with Gasteiger partial charge in [0.1, 0.15) is 11.7 Å². The third kappa shape index (κ3) is 2.64. The minimum Gasteiger partial charge on any atom is -0.467 e. The van der Waals surface area contributed by atoms with E-state index in [-0.39, 0.29) is 12.2 Å². The summed E-state index contributed by atoms with van der Waals surface area (Å²) in [4.78, 5) is 42.7. The average Bonchev–Trinajstić information content (AvgIpc) is 3.24. The molecule has 140 valence electrons. The Balaban J connectivity index is 1.61. The van der Waals surface area contributed by atoms with Gasteiger partial charge in [0, 0.05) is 11.8 Å². The van der Waals surface area contributed by atoms with Gasteiger partial charge in [-0.3, -0.25) is 5.21 Å². The van der Waals surface area contributed by atoms with Gasteiger partial charge in [-0.2, -0.15) is 14.8 Å². The maximum absolute atomic E-state index is 12.3. The van der Waals surface area contributed by atoms with Crippen molar-refractivity contribution in [2.45, 2.75) is 12.1 Å². The number of nitrogens with one attached hydrogen (secondary N) is 1.